The van der Waals surface area contributed by atoms with E-state index in [1.165, 1.54) is 22.3 Å². The molecule has 2 nitrogen and oxygen atoms in total. The number of methoxy groups -OCH3 is 1. The van der Waals surface area contributed by atoms with Gasteiger partial charge < -0.3 is 10.5 Å². The third kappa shape index (κ3) is 3.64. The van der Waals surface area contributed by atoms with Gasteiger partial charge in [0, 0.05) is 5.92 Å². The number of aryl methyl sites for hydroxylation is 2. The minimum absolute atomic E-state index is 0.349. The van der Waals surface area contributed by atoms with Crippen LogP contribution in [0.4, 0.5) is 0 Å². The molecule has 0 radical (unpaired) electrons. The van der Waals surface area contributed by atoms with Crippen LogP contribution in [0.5, 0.6) is 5.75 Å². The first-order valence-corrected chi connectivity index (χ1v) is 7.61. The first kappa shape index (κ1) is 15.6. The van der Waals surface area contributed by atoms with E-state index < -0.39 is 0 Å². The zero-order valence-corrected chi connectivity index (χ0v) is 13.2. The molecule has 21 heavy (non-hydrogen) atoms. The van der Waals surface area contributed by atoms with Gasteiger partial charge in [0.05, 0.1) is 7.11 Å². The minimum Gasteiger partial charge on any atom is -0.496 e. The van der Waals surface area contributed by atoms with Gasteiger partial charge in [0.25, 0.3) is 0 Å². The van der Waals surface area contributed by atoms with Gasteiger partial charge in [-0.05, 0) is 54.6 Å². The average molecular weight is 283 g/mol. The van der Waals surface area contributed by atoms with Crippen LogP contribution in [0.2, 0.25) is 0 Å². The molecule has 2 N–H and O–H groups in total. The topological polar surface area (TPSA) is 35.2 Å². The summed E-state index contributed by atoms with van der Waals surface area (Å²) < 4.78 is 5.41. The second-order valence-corrected chi connectivity index (χ2v) is 5.49. The number of rotatable bonds is 6. The molecule has 0 spiro atoms. The number of ether oxygens (including phenoxy) is 1. The van der Waals surface area contributed by atoms with Crippen molar-refractivity contribution < 1.29 is 4.74 Å². The number of hydrogen-bond acceptors (Lipinski definition) is 2. The van der Waals surface area contributed by atoms with Crippen molar-refractivity contribution in [2.75, 3.05) is 13.7 Å². The Balaban J connectivity index is 2.27. The van der Waals surface area contributed by atoms with Crippen molar-refractivity contribution in [2.24, 2.45) is 5.73 Å². The first-order chi connectivity index (χ1) is 10.2. The van der Waals surface area contributed by atoms with Gasteiger partial charge in [-0.1, -0.05) is 43.3 Å². The van der Waals surface area contributed by atoms with E-state index in [0.29, 0.717) is 12.5 Å². The number of nitrogens with two attached hydrogens (primary N) is 1. The molecular weight excluding hydrogens is 258 g/mol. The molecule has 1 atom stereocenters. The Hall–Kier alpha value is -1.80. The smallest absolute Gasteiger partial charge is 0.122 e. The van der Waals surface area contributed by atoms with Crippen molar-refractivity contribution in [2.45, 2.75) is 32.6 Å². The van der Waals surface area contributed by atoms with Crippen molar-refractivity contribution in [3.05, 3.63) is 64.7 Å². The first-order valence-electron chi connectivity index (χ1n) is 7.61. The van der Waals surface area contributed by atoms with Crippen molar-refractivity contribution in [3.8, 4) is 5.75 Å². The molecule has 112 valence electrons. The fraction of sp³-hybridized carbons (Fsp3) is 0.368. The highest BCUT2D eigenvalue weighted by Crippen LogP contribution is 2.27. The molecule has 0 fully saturated rings. The third-order valence-corrected chi connectivity index (χ3v) is 4.17. The molecule has 0 heterocycles. The van der Waals surface area contributed by atoms with Crippen LogP contribution in [0.25, 0.3) is 0 Å². The summed E-state index contributed by atoms with van der Waals surface area (Å²) in [5, 5.41) is 0. The van der Waals surface area contributed by atoms with E-state index in [1.807, 2.05) is 0 Å². The van der Waals surface area contributed by atoms with Gasteiger partial charge in [-0.25, -0.2) is 0 Å². The number of benzene rings is 2. The van der Waals surface area contributed by atoms with E-state index in [9.17, 15) is 0 Å². The van der Waals surface area contributed by atoms with Crippen molar-refractivity contribution in [1.29, 1.82) is 0 Å². The van der Waals surface area contributed by atoms with Crippen LogP contribution in [0.3, 0.4) is 0 Å². The minimum atomic E-state index is 0.349. The van der Waals surface area contributed by atoms with E-state index in [-0.39, 0.29) is 0 Å². The maximum absolute atomic E-state index is 6.03. The molecular formula is C19H25NO. The highest BCUT2D eigenvalue weighted by Gasteiger charge is 2.14. The predicted molar refractivity (Wildman–Crippen MR) is 89.1 cm³/mol. The molecule has 0 aliphatic heterocycles. The summed E-state index contributed by atoms with van der Waals surface area (Å²) in [7, 11) is 1.72. The van der Waals surface area contributed by atoms with Gasteiger partial charge in [0.1, 0.15) is 5.75 Å². The standard InChI is InChI=1S/C19H25NO/c1-4-15-11-17(9-10-19(15)21-3)18(13-20)12-16-8-6-5-7-14(16)2/h5-11,18H,4,12-13,20H2,1-3H3. The second-order valence-electron chi connectivity index (χ2n) is 5.49. The second kappa shape index (κ2) is 7.28. The molecule has 0 aliphatic rings. The molecule has 2 rings (SSSR count). The molecule has 0 saturated heterocycles. The van der Waals surface area contributed by atoms with E-state index in [1.54, 1.807) is 7.11 Å². The van der Waals surface area contributed by atoms with E-state index >= 15 is 0 Å². The van der Waals surface area contributed by atoms with Gasteiger partial charge in [-0.2, -0.15) is 0 Å². The summed E-state index contributed by atoms with van der Waals surface area (Å²) in [6.45, 7) is 4.97. The Labute approximate surface area is 127 Å². The molecule has 1 unspecified atom stereocenters. The summed E-state index contributed by atoms with van der Waals surface area (Å²) in [5.41, 5.74) is 11.3. The Bertz CT molecular complexity index is 592. The van der Waals surface area contributed by atoms with Gasteiger partial charge in [-0.3, -0.25) is 0 Å². The van der Waals surface area contributed by atoms with Crippen molar-refractivity contribution in [3.63, 3.8) is 0 Å². The van der Waals surface area contributed by atoms with Gasteiger partial charge >= 0.3 is 0 Å². The molecule has 2 aromatic rings. The molecule has 2 aromatic carbocycles. The maximum atomic E-state index is 6.03. The Morgan fingerprint density at radius 3 is 2.48 bits per heavy atom. The van der Waals surface area contributed by atoms with E-state index in [0.717, 1.165) is 18.6 Å². The fourth-order valence-corrected chi connectivity index (χ4v) is 2.77. The molecule has 0 saturated carbocycles. The van der Waals surface area contributed by atoms with Crippen LogP contribution in [0.15, 0.2) is 42.5 Å². The van der Waals surface area contributed by atoms with Gasteiger partial charge in [-0.15, -0.1) is 0 Å². The summed E-state index contributed by atoms with van der Waals surface area (Å²) in [5.74, 6) is 1.32. The fourth-order valence-electron chi connectivity index (χ4n) is 2.77. The molecule has 0 aromatic heterocycles. The van der Waals surface area contributed by atoms with Crippen LogP contribution >= 0.6 is 0 Å². The van der Waals surface area contributed by atoms with Crippen molar-refractivity contribution in [1.82, 2.24) is 0 Å². The molecule has 0 aliphatic carbocycles. The zero-order chi connectivity index (χ0) is 15.2. The third-order valence-electron chi connectivity index (χ3n) is 4.17. The molecule has 0 bridgehead atoms. The summed E-state index contributed by atoms with van der Waals surface area (Å²) in [6, 6.07) is 15.0. The Morgan fingerprint density at radius 1 is 1.10 bits per heavy atom. The Morgan fingerprint density at radius 2 is 1.86 bits per heavy atom. The van der Waals surface area contributed by atoms with Gasteiger partial charge in [0.15, 0.2) is 0 Å². The lowest BCUT2D eigenvalue weighted by Gasteiger charge is -2.18. The van der Waals surface area contributed by atoms with Gasteiger partial charge in [0.2, 0.25) is 0 Å². The largest absolute Gasteiger partial charge is 0.496 e. The van der Waals surface area contributed by atoms with Crippen LogP contribution in [-0.2, 0) is 12.8 Å². The van der Waals surface area contributed by atoms with E-state index in [4.69, 9.17) is 10.5 Å². The predicted octanol–water partition coefficient (Wildman–Crippen LogP) is 3.85. The summed E-state index contributed by atoms with van der Waals surface area (Å²) in [4.78, 5) is 0. The highest BCUT2D eigenvalue weighted by atomic mass is 16.5. The number of hydrogen-bond donors (Lipinski definition) is 1. The molecule has 0 amide bonds. The molecule has 2 heteroatoms. The SMILES string of the molecule is CCc1cc(C(CN)Cc2ccccc2C)ccc1OC. The average Bonchev–Trinajstić information content (AvgIpc) is 2.53. The monoisotopic (exact) mass is 283 g/mol. The highest BCUT2D eigenvalue weighted by molar-refractivity contribution is 5.39. The quantitative estimate of drug-likeness (QED) is 0.874. The normalized spacial score (nSPS) is 12.2. The van der Waals surface area contributed by atoms with Crippen LogP contribution in [-0.4, -0.2) is 13.7 Å². The van der Waals surface area contributed by atoms with Crippen LogP contribution in [0.1, 0.15) is 35.1 Å². The van der Waals surface area contributed by atoms with Crippen LogP contribution in [0, 0.1) is 6.92 Å². The van der Waals surface area contributed by atoms with Crippen molar-refractivity contribution >= 4 is 0 Å². The van der Waals surface area contributed by atoms with E-state index in [2.05, 4.69) is 56.3 Å². The summed E-state index contributed by atoms with van der Waals surface area (Å²) >= 11 is 0. The van der Waals surface area contributed by atoms with Crippen LogP contribution < -0.4 is 10.5 Å². The lowest BCUT2D eigenvalue weighted by atomic mass is 9.89. The summed E-state index contributed by atoms with van der Waals surface area (Å²) in [6.07, 6.45) is 1.96. The Kier molecular flexibility index (Phi) is 5.40. The lowest BCUT2D eigenvalue weighted by Crippen LogP contribution is -2.16. The zero-order valence-electron chi connectivity index (χ0n) is 13.2. The lowest BCUT2D eigenvalue weighted by molar-refractivity contribution is 0.410. The maximum Gasteiger partial charge on any atom is 0.122 e.